The van der Waals surface area contributed by atoms with Crippen molar-refractivity contribution < 1.29 is 14.3 Å². The Morgan fingerprint density at radius 2 is 1.51 bits per heavy atom. The first-order chi connectivity index (χ1) is 20.7. The molecule has 0 fully saturated rings. The van der Waals surface area contributed by atoms with E-state index in [1.807, 2.05) is 6.92 Å². The second kappa shape index (κ2) is 17.7. The molecule has 2 atom stereocenters. The highest BCUT2D eigenvalue weighted by Gasteiger charge is 2.18. The highest BCUT2D eigenvalue weighted by atomic mass is 16.5. The number of aryl methyl sites for hydroxylation is 2. The van der Waals surface area contributed by atoms with Gasteiger partial charge in [-0.15, -0.1) is 0 Å². The largest absolute Gasteiger partial charge is 0.493 e. The summed E-state index contributed by atoms with van der Waals surface area (Å²) in [5, 5.41) is 0. The van der Waals surface area contributed by atoms with Crippen LogP contribution in [0.4, 0.5) is 0 Å². The highest BCUT2D eigenvalue weighted by molar-refractivity contribution is 5.86. The Kier molecular flexibility index (Phi) is 14.1. The van der Waals surface area contributed by atoms with Crippen molar-refractivity contribution in [1.29, 1.82) is 0 Å². The fourth-order valence-corrected chi connectivity index (χ4v) is 5.63. The van der Waals surface area contributed by atoms with E-state index in [0.717, 1.165) is 74.2 Å². The summed E-state index contributed by atoms with van der Waals surface area (Å²) in [7, 11) is 0. The van der Waals surface area contributed by atoms with E-state index in [4.69, 9.17) is 9.47 Å². The second-order valence-electron chi connectivity index (χ2n) is 12.3. The average molecular weight is 583 g/mol. The lowest BCUT2D eigenvalue weighted by atomic mass is 9.83. The van der Waals surface area contributed by atoms with Crippen molar-refractivity contribution in [1.82, 2.24) is 0 Å². The topological polar surface area (TPSA) is 35.5 Å². The van der Waals surface area contributed by atoms with Gasteiger partial charge in [-0.25, -0.2) is 4.79 Å². The van der Waals surface area contributed by atoms with Gasteiger partial charge < -0.3 is 9.47 Å². The number of hydrogen-bond acceptors (Lipinski definition) is 3. The Morgan fingerprint density at radius 3 is 2.09 bits per heavy atom. The lowest BCUT2D eigenvalue weighted by Crippen LogP contribution is -2.08. The van der Waals surface area contributed by atoms with E-state index >= 15 is 0 Å². The Bertz CT molecular complexity index is 1210. The number of esters is 1. The molecule has 232 valence electrons. The fraction of sp³-hybridized carbons (Fsp3) is 0.475. The second-order valence-corrected chi connectivity index (χ2v) is 12.3. The fourth-order valence-electron chi connectivity index (χ4n) is 5.63. The molecule has 2 aromatic rings. The number of carbonyl (C=O) groups is 1. The van der Waals surface area contributed by atoms with Crippen molar-refractivity contribution in [2.75, 3.05) is 13.2 Å². The van der Waals surface area contributed by atoms with Crippen LogP contribution in [0, 0.1) is 5.92 Å². The van der Waals surface area contributed by atoms with Crippen LogP contribution in [0.2, 0.25) is 0 Å². The van der Waals surface area contributed by atoms with Gasteiger partial charge in [-0.3, -0.25) is 0 Å². The number of unbranched alkanes of at least 4 members (excludes halogenated alkanes) is 2. The van der Waals surface area contributed by atoms with Gasteiger partial charge in [0.1, 0.15) is 5.75 Å². The molecule has 1 aliphatic rings. The van der Waals surface area contributed by atoms with E-state index in [1.165, 1.54) is 47.1 Å². The number of carbonyl (C=O) groups excluding carboxylic acids is 1. The quantitative estimate of drug-likeness (QED) is 0.0576. The van der Waals surface area contributed by atoms with Crippen molar-refractivity contribution in [3.63, 3.8) is 0 Å². The van der Waals surface area contributed by atoms with Crippen LogP contribution in [0.3, 0.4) is 0 Å². The lowest BCUT2D eigenvalue weighted by molar-refractivity contribution is -0.139. The summed E-state index contributed by atoms with van der Waals surface area (Å²) >= 11 is 0. The highest BCUT2D eigenvalue weighted by Crippen LogP contribution is 2.36. The van der Waals surface area contributed by atoms with Gasteiger partial charge >= 0.3 is 5.97 Å². The predicted octanol–water partition coefficient (Wildman–Crippen LogP) is 10.9. The van der Waals surface area contributed by atoms with Crippen LogP contribution in [0.5, 0.6) is 5.75 Å². The SMILES string of the molecule is C=C(C)C(=C)CCCCc1cc(-c2ccc(C3C=CC(CC)CC3)cc2)cc(CCCOC(=O)C(=C)C)c1OCCCC. The number of ether oxygens (including phenoxy) is 2. The Balaban J connectivity index is 1.88. The maximum atomic E-state index is 11.9. The molecule has 0 amide bonds. The summed E-state index contributed by atoms with van der Waals surface area (Å²) in [5.74, 6) is 1.92. The van der Waals surface area contributed by atoms with E-state index in [0.29, 0.717) is 24.7 Å². The van der Waals surface area contributed by atoms with Gasteiger partial charge in [0.2, 0.25) is 0 Å². The molecular weight excluding hydrogens is 528 g/mol. The Labute approximate surface area is 261 Å². The van der Waals surface area contributed by atoms with E-state index in [-0.39, 0.29) is 5.97 Å². The van der Waals surface area contributed by atoms with Crippen molar-refractivity contribution >= 4 is 5.97 Å². The molecule has 2 unspecified atom stereocenters. The third kappa shape index (κ3) is 10.7. The summed E-state index contributed by atoms with van der Waals surface area (Å²) in [5.41, 5.74) is 8.91. The van der Waals surface area contributed by atoms with Crippen molar-refractivity contribution in [3.05, 3.63) is 102 Å². The minimum Gasteiger partial charge on any atom is -0.493 e. The van der Waals surface area contributed by atoms with Gasteiger partial charge in [-0.05, 0) is 124 Å². The van der Waals surface area contributed by atoms with Gasteiger partial charge in [-0.2, -0.15) is 0 Å². The van der Waals surface area contributed by atoms with E-state index in [1.54, 1.807) is 6.92 Å². The van der Waals surface area contributed by atoms with Crippen LogP contribution in [0.15, 0.2) is 85.0 Å². The molecule has 43 heavy (non-hydrogen) atoms. The number of benzene rings is 2. The molecule has 0 spiro atoms. The molecule has 3 nitrogen and oxygen atoms in total. The molecule has 0 N–H and O–H groups in total. The smallest absolute Gasteiger partial charge is 0.333 e. The van der Waals surface area contributed by atoms with Crippen LogP contribution in [0.25, 0.3) is 11.1 Å². The predicted molar refractivity (Wildman–Crippen MR) is 183 cm³/mol. The van der Waals surface area contributed by atoms with Crippen LogP contribution >= 0.6 is 0 Å². The van der Waals surface area contributed by atoms with Crippen molar-refractivity contribution in [2.45, 2.75) is 104 Å². The molecule has 3 heteroatoms. The monoisotopic (exact) mass is 582 g/mol. The molecule has 0 bridgehead atoms. The van der Waals surface area contributed by atoms with Gasteiger partial charge in [0, 0.05) is 11.5 Å². The molecule has 0 saturated carbocycles. The van der Waals surface area contributed by atoms with Crippen molar-refractivity contribution in [2.24, 2.45) is 5.92 Å². The molecule has 0 saturated heterocycles. The maximum absolute atomic E-state index is 11.9. The minimum absolute atomic E-state index is 0.330. The zero-order valence-corrected chi connectivity index (χ0v) is 27.3. The number of hydrogen-bond donors (Lipinski definition) is 0. The summed E-state index contributed by atoms with van der Waals surface area (Å²) < 4.78 is 11.9. The molecule has 0 heterocycles. The summed E-state index contributed by atoms with van der Waals surface area (Å²) in [6.45, 7) is 21.2. The molecule has 0 aromatic heterocycles. The van der Waals surface area contributed by atoms with E-state index in [9.17, 15) is 4.79 Å². The molecule has 1 aliphatic carbocycles. The summed E-state index contributed by atoms with van der Waals surface area (Å²) in [6, 6.07) is 13.8. The zero-order chi connectivity index (χ0) is 31.2. The van der Waals surface area contributed by atoms with Gasteiger partial charge in [-0.1, -0.05) is 87.6 Å². The molecule has 0 radical (unpaired) electrons. The van der Waals surface area contributed by atoms with Crippen LogP contribution in [-0.2, 0) is 22.4 Å². The van der Waals surface area contributed by atoms with Gasteiger partial charge in [0.25, 0.3) is 0 Å². The molecule has 3 rings (SSSR count). The van der Waals surface area contributed by atoms with Crippen molar-refractivity contribution in [3.8, 4) is 16.9 Å². The van der Waals surface area contributed by atoms with E-state index in [2.05, 4.69) is 82.1 Å². The first kappa shape index (κ1) is 34.2. The summed E-state index contributed by atoms with van der Waals surface area (Å²) in [6.07, 6.45) is 16.2. The lowest BCUT2D eigenvalue weighted by Gasteiger charge is -2.22. The normalized spacial score (nSPS) is 16.1. The molecular formula is C40H54O3. The van der Waals surface area contributed by atoms with E-state index < -0.39 is 0 Å². The summed E-state index contributed by atoms with van der Waals surface area (Å²) in [4.78, 5) is 11.9. The third-order valence-electron chi connectivity index (χ3n) is 8.60. The minimum atomic E-state index is -0.330. The number of rotatable bonds is 18. The Morgan fingerprint density at radius 1 is 0.814 bits per heavy atom. The molecule has 2 aromatic carbocycles. The third-order valence-corrected chi connectivity index (χ3v) is 8.60. The number of allylic oxidation sites excluding steroid dienone is 4. The van der Waals surface area contributed by atoms with Gasteiger partial charge in [0.05, 0.1) is 13.2 Å². The standard InChI is InChI=1S/C40H54O3/c1-8-10-25-42-39-36(15-12-11-14-31(7)29(3)4)27-38(28-37(39)16-13-26-43-40(41)30(5)6)35-23-21-34(22-24-35)33-19-17-32(9-2)18-20-33/h17,19,21-24,27-28,32-33H,3,5,7-16,18,20,25-26H2,1-2,4,6H3. The van der Waals surface area contributed by atoms with Crippen LogP contribution in [-0.4, -0.2) is 19.2 Å². The average Bonchev–Trinajstić information content (AvgIpc) is 3.01. The first-order valence-corrected chi connectivity index (χ1v) is 16.5. The van der Waals surface area contributed by atoms with Crippen LogP contribution < -0.4 is 4.74 Å². The molecule has 0 aliphatic heterocycles. The maximum Gasteiger partial charge on any atom is 0.333 e. The first-order valence-electron chi connectivity index (χ1n) is 16.5. The zero-order valence-electron chi connectivity index (χ0n) is 27.3. The van der Waals surface area contributed by atoms with Gasteiger partial charge in [0.15, 0.2) is 0 Å². The Hall–Kier alpha value is -3.33. The van der Waals surface area contributed by atoms with Crippen LogP contribution in [0.1, 0.15) is 108 Å².